The molecular weight excluding hydrogens is 288 g/mol. The Kier molecular flexibility index (Phi) is 5.02. The molecule has 0 saturated carbocycles. The van der Waals surface area contributed by atoms with Crippen LogP contribution in [0.1, 0.15) is 19.4 Å². The van der Waals surface area contributed by atoms with Gasteiger partial charge in [-0.15, -0.1) is 11.6 Å². The van der Waals surface area contributed by atoms with E-state index in [1.165, 1.54) is 4.68 Å². The summed E-state index contributed by atoms with van der Waals surface area (Å²) in [6.07, 6.45) is 0. The number of aromatic nitrogens is 2. The largest absolute Gasteiger partial charge is 0.493 e. The second-order valence-corrected chi connectivity index (χ2v) is 5.62. The smallest absolute Gasteiger partial charge is 0.270 e. The molecule has 0 fully saturated rings. The number of aryl methyl sites for hydroxylation is 1. The van der Waals surface area contributed by atoms with Crippen LogP contribution in [0.25, 0.3) is 11.3 Å². The Morgan fingerprint density at radius 1 is 1.33 bits per heavy atom. The lowest BCUT2D eigenvalue weighted by Crippen LogP contribution is -2.23. The fourth-order valence-electron chi connectivity index (χ4n) is 1.92. The monoisotopic (exact) mass is 306 g/mol. The molecule has 0 radical (unpaired) electrons. The maximum Gasteiger partial charge on any atom is 0.270 e. The van der Waals surface area contributed by atoms with Crippen LogP contribution < -0.4 is 10.3 Å². The molecule has 1 aromatic carbocycles. The standard InChI is InChI=1S/C16H19ClN2O2/c1-11(2)10-21-14-6-4-5-12(7-14)15-8-13(9-17)16(20)19(3)18-15/h4-8,11H,9-10H2,1-3H3. The molecule has 0 atom stereocenters. The van der Waals surface area contributed by atoms with Crippen LogP contribution in [0.5, 0.6) is 5.75 Å². The fourth-order valence-corrected chi connectivity index (χ4v) is 2.11. The molecule has 1 heterocycles. The summed E-state index contributed by atoms with van der Waals surface area (Å²) in [4.78, 5) is 11.8. The van der Waals surface area contributed by atoms with Gasteiger partial charge in [-0.05, 0) is 24.1 Å². The molecule has 0 bridgehead atoms. The van der Waals surface area contributed by atoms with E-state index in [1.807, 2.05) is 24.3 Å². The normalized spacial score (nSPS) is 10.9. The Morgan fingerprint density at radius 3 is 2.76 bits per heavy atom. The van der Waals surface area contributed by atoms with E-state index in [4.69, 9.17) is 16.3 Å². The van der Waals surface area contributed by atoms with Gasteiger partial charge >= 0.3 is 0 Å². The molecule has 0 spiro atoms. The molecule has 0 saturated heterocycles. The highest BCUT2D eigenvalue weighted by Crippen LogP contribution is 2.22. The Hall–Kier alpha value is -1.81. The minimum atomic E-state index is -0.166. The number of benzene rings is 1. The maximum atomic E-state index is 11.8. The number of hydrogen-bond donors (Lipinski definition) is 0. The summed E-state index contributed by atoms with van der Waals surface area (Å²) < 4.78 is 7.03. The molecule has 0 aliphatic rings. The zero-order valence-electron chi connectivity index (χ0n) is 12.5. The van der Waals surface area contributed by atoms with Crippen LogP contribution in [0, 0.1) is 5.92 Å². The van der Waals surface area contributed by atoms with Crippen LogP contribution in [-0.4, -0.2) is 16.4 Å². The average Bonchev–Trinajstić information content (AvgIpc) is 2.48. The topological polar surface area (TPSA) is 44.1 Å². The third kappa shape index (κ3) is 3.85. The Labute approximate surface area is 129 Å². The second-order valence-electron chi connectivity index (χ2n) is 5.35. The van der Waals surface area contributed by atoms with E-state index >= 15 is 0 Å². The highest BCUT2D eigenvalue weighted by molar-refractivity contribution is 6.17. The quantitative estimate of drug-likeness (QED) is 0.797. The lowest BCUT2D eigenvalue weighted by molar-refractivity contribution is 0.271. The SMILES string of the molecule is CC(C)COc1cccc(-c2cc(CCl)c(=O)n(C)n2)c1. The summed E-state index contributed by atoms with van der Waals surface area (Å²) in [6.45, 7) is 4.87. The van der Waals surface area contributed by atoms with Crippen LogP contribution in [0.3, 0.4) is 0 Å². The van der Waals surface area contributed by atoms with Crippen molar-refractivity contribution in [2.24, 2.45) is 13.0 Å². The van der Waals surface area contributed by atoms with Gasteiger partial charge in [0.1, 0.15) is 5.75 Å². The molecule has 112 valence electrons. The summed E-state index contributed by atoms with van der Waals surface area (Å²) in [5, 5.41) is 4.28. The van der Waals surface area contributed by atoms with Gasteiger partial charge in [-0.25, -0.2) is 4.68 Å². The molecule has 1 aromatic heterocycles. The summed E-state index contributed by atoms with van der Waals surface area (Å²) >= 11 is 5.81. The number of ether oxygens (including phenoxy) is 1. The summed E-state index contributed by atoms with van der Waals surface area (Å²) in [5.41, 5.74) is 1.99. The second kappa shape index (κ2) is 6.76. The zero-order chi connectivity index (χ0) is 15.4. The van der Waals surface area contributed by atoms with E-state index in [2.05, 4.69) is 18.9 Å². The third-order valence-electron chi connectivity index (χ3n) is 2.99. The summed E-state index contributed by atoms with van der Waals surface area (Å²) in [7, 11) is 1.63. The predicted octanol–water partition coefficient (Wildman–Crippen LogP) is 3.22. The lowest BCUT2D eigenvalue weighted by atomic mass is 10.1. The van der Waals surface area contributed by atoms with E-state index in [0.717, 1.165) is 11.3 Å². The molecule has 0 N–H and O–H groups in total. The van der Waals surface area contributed by atoms with E-state index in [-0.39, 0.29) is 11.4 Å². The van der Waals surface area contributed by atoms with Crippen molar-refractivity contribution >= 4 is 11.6 Å². The number of alkyl halides is 1. The summed E-state index contributed by atoms with van der Waals surface area (Å²) in [5.74, 6) is 1.43. The van der Waals surface area contributed by atoms with E-state index in [1.54, 1.807) is 13.1 Å². The lowest BCUT2D eigenvalue weighted by Gasteiger charge is -2.10. The van der Waals surface area contributed by atoms with Gasteiger partial charge in [-0.2, -0.15) is 5.10 Å². The summed E-state index contributed by atoms with van der Waals surface area (Å²) in [6, 6.07) is 9.42. The highest BCUT2D eigenvalue weighted by Gasteiger charge is 2.08. The Bertz CT molecular complexity index is 680. The molecule has 4 nitrogen and oxygen atoms in total. The molecule has 5 heteroatoms. The van der Waals surface area contributed by atoms with Crippen LogP contribution in [0.15, 0.2) is 35.1 Å². The van der Waals surface area contributed by atoms with Crippen LogP contribution in [0.2, 0.25) is 0 Å². The van der Waals surface area contributed by atoms with Crippen molar-refractivity contribution < 1.29 is 4.74 Å². The van der Waals surface area contributed by atoms with Crippen LogP contribution in [0.4, 0.5) is 0 Å². The van der Waals surface area contributed by atoms with E-state index in [0.29, 0.717) is 23.8 Å². The first-order valence-corrected chi connectivity index (χ1v) is 7.41. The van der Waals surface area contributed by atoms with Crippen molar-refractivity contribution in [1.82, 2.24) is 9.78 Å². The van der Waals surface area contributed by atoms with Gasteiger partial charge < -0.3 is 4.74 Å². The minimum absolute atomic E-state index is 0.166. The average molecular weight is 307 g/mol. The van der Waals surface area contributed by atoms with Gasteiger partial charge in [0.05, 0.1) is 18.2 Å². The van der Waals surface area contributed by atoms with Crippen molar-refractivity contribution in [3.8, 4) is 17.0 Å². The van der Waals surface area contributed by atoms with Gasteiger partial charge in [-0.1, -0.05) is 26.0 Å². The highest BCUT2D eigenvalue weighted by atomic mass is 35.5. The molecular formula is C16H19ClN2O2. The van der Waals surface area contributed by atoms with Crippen LogP contribution >= 0.6 is 11.6 Å². The Balaban J connectivity index is 2.36. The molecule has 0 amide bonds. The maximum absolute atomic E-state index is 11.8. The number of halogens is 1. The van der Waals surface area contributed by atoms with Crippen molar-refractivity contribution in [3.63, 3.8) is 0 Å². The molecule has 21 heavy (non-hydrogen) atoms. The molecule has 0 aliphatic carbocycles. The number of rotatable bonds is 5. The van der Waals surface area contributed by atoms with Gasteiger partial charge in [0, 0.05) is 18.2 Å². The van der Waals surface area contributed by atoms with Crippen molar-refractivity contribution in [3.05, 3.63) is 46.2 Å². The van der Waals surface area contributed by atoms with E-state index < -0.39 is 0 Å². The van der Waals surface area contributed by atoms with Crippen molar-refractivity contribution in [2.45, 2.75) is 19.7 Å². The van der Waals surface area contributed by atoms with Gasteiger partial charge in [0.2, 0.25) is 0 Å². The minimum Gasteiger partial charge on any atom is -0.493 e. The molecule has 2 aromatic rings. The van der Waals surface area contributed by atoms with Gasteiger partial charge in [0.15, 0.2) is 0 Å². The first-order chi connectivity index (χ1) is 10.0. The molecule has 0 aliphatic heterocycles. The zero-order valence-corrected chi connectivity index (χ0v) is 13.2. The number of nitrogens with zero attached hydrogens (tertiary/aromatic N) is 2. The Morgan fingerprint density at radius 2 is 2.10 bits per heavy atom. The number of hydrogen-bond acceptors (Lipinski definition) is 3. The van der Waals surface area contributed by atoms with E-state index in [9.17, 15) is 4.79 Å². The predicted molar refractivity (Wildman–Crippen MR) is 84.8 cm³/mol. The fraction of sp³-hybridized carbons (Fsp3) is 0.375. The first kappa shape index (κ1) is 15.6. The van der Waals surface area contributed by atoms with Gasteiger partial charge in [0.25, 0.3) is 5.56 Å². The van der Waals surface area contributed by atoms with Crippen molar-refractivity contribution in [2.75, 3.05) is 6.61 Å². The first-order valence-electron chi connectivity index (χ1n) is 6.87. The molecule has 2 rings (SSSR count). The van der Waals surface area contributed by atoms with Gasteiger partial charge in [-0.3, -0.25) is 4.79 Å². The van der Waals surface area contributed by atoms with Crippen LogP contribution in [-0.2, 0) is 12.9 Å². The van der Waals surface area contributed by atoms with Crippen molar-refractivity contribution in [1.29, 1.82) is 0 Å². The molecule has 0 unspecified atom stereocenters. The third-order valence-corrected chi connectivity index (χ3v) is 3.28.